The maximum atomic E-state index is 12.7. The van der Waals surface area contributed by atoms with Crippen molar-refractivity contribution in [2.75, 3.05) is 27.4 Å². The number of rotatable bonds is 4. The minimum absolute atomic E-state index is 0.0928. The molecule has 0 unspecified atom stereocenters. The topological polar surface area (TPSA) is 48.0 Å². The molecular weight excluding hydrogens is 382 g/mol. The zero-order valence-corrected chi connectivity index (χ0v) is 15.2. The molecule has 0 N–H and O–H groups in total. The average molecular weight is 398 g/mol. The smallest absolute Gasteiger partial charge is 0.254 e. The van der Waals surface area contributed by atoms with Gasteiger partial charge in [-0.3, -0.25) is 4.79 Å². The largest absolute Gasteiger partial charge is 0.493 e. The van der Waals surface area contributed by atoms with Crippen molar-refractivity contribution in [3.63, 3.8) is 0 Å². The second-order valence-electron chi connectivity index (χ2n) is 5.07. The lowest BCUT2D eigenvalue weighted by molar-refractivity contribution is 0.0784. The first kappa shape index (κ1) is 16.1. The number of fused-ring (bicyclic) bond motifs is 1. The molecule has 1 aliphatic rings. The molecule has 0 atom stereocenters. The van der Waals surface area contributed by atoms with E-state index in [2.05, 4.69) is 15.9 Å². The van der Waals surface area contributed by atoms with Gasteiger partial charge in [0.25, 0.3) is 5.91 Å². The van der Waals surface area contributed by atoms with Gasteiger partial charge >= 0.3 is 0 Å². The summed E-state index contributed by atoms with van der Waals surface area (Å²) in [4.78, 5) is 15.5. The molecule has 2 aromatic rings. The summed E-state index contributed by atoms with van der Waals surface area (Å²) in [7, 11) is 3.33. The fraction of sp³-hybridized carbons (Fsp3) is 0.312. The number of methoxy groups -OCH3 is 1. The van der Waals surface area contributed by atoms with Gasteiger partial charge in [-0.05, 0) is 40.2 Å². The Morgan fingerprint density at radius 2 is 2.13 bits per heavy atom. The van der Waals surface area contributed by atoms with Gasteiger partial charge in [-0.25, -0.2) is 0 Å². The number of ether oxygens (including phenoxy) is 3. The Kier molecular flexibility index (Phi) is 4.77. The fourth-order valence-electron chi connectivity index (χ4n) is 2.36. The molecule has 1 amide bonds. The van der Waals surface area contributed by atoms with Gasteiger partial charge in [0.05, 0.1) is 17.4 Å². The van der Waals surface area contributed by atoms with Crippen LogP contribution in [0.5, 0.6) is 17.2 Å². The number of hydrogen-bond donors (Lipinski definition) is 0. The summed E-state index contributed by atoms with van der Waals surface area (Å²) in [6.45, 7) is 1.49. The maximum Gasteiger partial charge on any atom is 0.254 e. The minimum Gasteiger partial charge on any atom is -0.493 e. The van der Waals surface area contributed by atoms with Crippen LogP contribution in [0.25, 0.3) is 0 Å². The van der Waals surface area contributed by atoms with Gasteiger partial charge in [0.2, 0.25) is 5.75 Å². The van der Waals surface area contributed by atoms with E-state index in [9.17, 15) is 4.79 Å². The molecule has 1 aromatic heterocycles. The molecule has 0 aliphatic carbocycles. The highest BCUT2D eigenvalue weighted by Gasteiger charge is 2.22. The summed E-state index contributed by atoms with van der Waals surface area (Å²) in [5.74, 6) is 1.52. The van der Waals surface area contributed by atoms with Crippen LogP contribution in [0.2, 0.25) is 0 Å². The van der Waals surface area contributed by atoms with Crippen molar-refractivity contribution in [3.8, 4) is 17.2 Å². The predicted octanol–water partition coefficient (Wildman–Crippen LogP) is 3.56. The van der Waals surface area contributed by atoms with E-state index in [1.165, 1.54) is 0 Å². The Bertz CT molecular complexity index is 714. The van der Waals surface area contributed by atoms with Crippen molar-refractivity contribution in [2.24, 2.45) is 0 Å². The van der Waals surface area contributed by atoms with E-state index in [0.29, 0.717) is 42.6 Å². The SMILES string of the molecule is COc1cc(C(=O)N(C)Cc2ccc(Br)s2)cc2c1OCCO2. The van der Waals surface area contributed by atoms with E-state index in [4.69, 9.17) is 14.2 Å². The number of benzene rings is 1. The van der Waals surface area contributed by atoms with Crippen LogP contribution in [0, 0.1) is 0 Å². The van der Waals surface area contributed by atoms with Crippen LogP contribution >= 0.6 is 27.3 Å². The Hall–Kier alpha value is -1.73. The zero-order chi connectivity index (χ0) is 16.4. The quantitative estimate of drug-likeness (QED) is 0.790. The molecular formula is C16H16BrNO4S. The van der Waals surface area contributed by atoms with Crippen molar-refractivity contribution < 1.29 is 19.0 Å². The van der Waals surface area contributed by atoms with Crippen molar-refractivity contribution in [3.05, 3.63) is 38.5 Å². The Labute approximate surface area is 146 Å². The normalized spacial score (nSPS) is 12.8. The number of amides is 1. The minimum atomic E-state index is -0.0928. The Morgan fingerprint density at radius 1 is 1.35 bits per heavy atom. The lowest BCUT2D eigenvalue weighted by Crippen LogP contribution is -2.26. The summed E-state index contributed by atoms with van der Waals surface area (Å²) in [5.41, 5.74) is 0.518. The van der Waals surface area contributed by atoms with Gasteiger partial charge in [-0.1, -0.05) is 0 Å². The molecule has 23 heavy (non-hydrogen) atoms. The van der Waals surface area contributed by atoms with Gasteiger partial charge in [-0.2, -0.15) is 0 Å². The molecule has 0 saturated carbocycles. The lowest BCUT2D eigenvalue weighted by atomic mass is 10.1. The van der Waals surface area contributed by atoms with Crippen molar-refractivity contribution >= 4 is 33.2 Å². The van der Waals surface area contributed by atoms with Crippen molar-refractivity contribution in [1.29, 1.82) is 0 Å². The highest BCUT2D eigenvalue weighted by Crippen LogP contribution is 2.40. The summed E-state index contributed by atoms with van der Waals surface area (Å²) in [6, 6.07) is 7.38. The van der Waals surface area contributed by atoms with Crippen LogP contribution in [0.3, 0.4) is 0 Å². The number of halogens is 1. The molecule has 2 heterocycles. The van der Waals surface area contributed by atoms with Gasteiger partial charge in [0.15, 0.2) is 11.5 Å². The van der Waals surface area contributed by atoms with Crippen LogP contribution in [0.1, 0.15) is 15.2 Å². The van der Waals surface area contributed by atoms with Gasteiger partial charge in [0, 0.05) is 17.5 Å². The first-order valence-electron chi connectivity index (χ1n) is 7.06. The molecule has 0 radical (unpaired) electrons. The molecule has 1 aromatic carbocycles. The highest BCUT2D eigenvalue weighted by atomic mass is 79.9. The zero-order valence-electron chi connectivity index (χ0n) is 12.8. The van der Waals surface area contributed by atoms with Crippen LogP contribution in [0.4, 0.5) is 0 Å². The van der Waals surface area contributed by atoms with Gasteiger partial charge in [0.1, 0.15) is 13.2 Å². The molecule has 0 spiro atoms. The Morgan fingerprint density at radius 3 is 2.83 bits per heavy atom. The second-order valence-corrected chi connectivity index (χ2v) is 7.62. The number of nitrogens with zero attached hydrogens (tertiary/aromatic N) is 1. The number of carbonyl (C=O) groups is 1. The van der Waals surface area contributed by atoms with Crippen molar-refractivity contribution in [2.45, 2.75) is 6.54 Å². The van der Waals surface area contributed by atoms with E-state index >= 15 is 0 Å². The van der Waals surface area contributed by atoms with Crippen LogP contribution < -0.4 is 14.2 Å². The molecule has 0 bridgehead atoms. The molecule has 122 valence electrons. The molecule has 0 fully saturated rings. The summed E-state index contributed by atoms with van der Waals surface area (Å²) in [5, 5.41) is 0. The van der Waals surface area contributed by atoms with Crippen LogP contribution in [-0.2, 0) is 6.54 Å². The van der Waals surface area contributed by atoms with Crippen LogP contribution in [-0.4, -0.2) is 38.2 Å². The standard InChI is InChI=1S/C16H16BrNO4S/c1-18(9-11-3-4-14(17)23-11)16(19)10-7-12(20-2)15-13(8-10)21-5-6-22-15/h3-4,7-8H,5-6,9H2,1-2H3. The molecule has 3 rings (SSSR count). The van der Waals surface area contributed by atoms with E-state index in [1.807, 2.05) is 12.1 Å². The first-order valence-corrected chi connectivity index (χ1v) is 8.66. The lowest BCUT2D eigenvalue weighted by Gasteiger charge is -2.22. The molecule has 5 nitrogen and oxygen atoms in total. The van der Waals surface area contributed by atoms with E-state index < -0.39 is 0 Å². The molecule has 7 heteroatoms. The van der Waals surface area contributed by atoms with Crippen LogP contribution in [0.15, 0.2) is 28.1 Å². The van der Waals surface area contributed by atoms with Crippen molar-refractivity contribution in [1.82, 2.24) is 4.90 Å². The maximum absolute atomic E-state index is 12.7. The molecule has 0 saturated heterocycles. The third-order valence-electron chi connectivity index (χ3n) is 3.44. The number of thiophene rings is 1. The summed E-state index contributed by atoms with van der Waals surface area (Å²) < 4.78 is 17.5. The third-order valence-corrected chi connectivity index (χ3v) is 5.05. The summed E-state index contributed by atoms with van der Waals surface area (Å²) in [6.07, 6.45) is 0. The third kappa shape index (κ3) is 3.45. The van der Waals surface area contributed by atoms with E-state index in [-0.39, 0.29) is 5.91 Å². The van der Waals surface area contributed by atoms with Gasteiger partial charge in [-0.15, -0.1) is 11.3 Å². The summed E-state index contributed by atoms with van der Waals surface area (Å²) >= 11 is 5.04. The fourth-order valence-corrected chi connectivity index (χ4v) is 3.90. The second kappa shape index (κ2) is 6.80. The number of hydrogen-bond acceptors (Lipinski definition) is 5. The molecule has 1 aliphatic heterocycles. The van der Waals surface area contributed by atoms with Gasteiger partial charge < -0.3 is 19.1 Å². The number of carbonyl (C=O) groups excluding carboxylic acids is 1. The first-order chi connectivity index (χ1) is 11.1. The van der Waals surface area contributed by atoms with E-state index in [0.717, 1.165) is 8.66 Å². The average Bonchev–Trinajstić information content (AvgIpc) is 2.97. The predicted molar refractivity (Wildman–Crippen MR) is 91.8 cm³/mol. The highest BCUT2D eigenvalue weighted by molar-refractivity contribution is 9.11. The Balaban J connectivity index is 1.83. The van der Waals surface area contributed by atoms with E-state index in [1.54, 1.807) is 42.5 Å². The monoisotopic (exact) mass is 397 g/mol.